The number of amides is 1. The highest BCUT2D eigenvalue weighted by atomic mass is 35.5. The van der Waals surface area contributed by atoms with Gasteiger partial charge in [-0.25, -0.2) is 4.68 Å². The van der Waals surface area contributed by atoms with Crippen LogP contribution in [0.25, 0.3) is 16.9 Å². The molecule has 1 saturated heterocycles. The van der Waals surface area contributed by atoms with E-state index in [2.05, 4.69) is 25.9 Å². The van der Waals surface area contributed by atoms with Crippen molar-refractivity contribution in [3.63, 3.8) is 0 Å². The van der Waals surface area contributed by atoms with E-state index in [-0.39, 0.29) is 28.1 Å². The summed E-state index contributed by atoms with van der Waals surface area (Å²) in [6, 6.07) is 14.4. The lowest BCUT2D eigenvalue weighted by molar-refractivity contribution is -0.141. The second-order valence-electron chi connectivity index (χ2n) is 9.38. The number of carbonyl (C=O) groups excluding carboxylic acids is 1. The molecule has 1 amide bonds. The van der Waals surface area contributed by atoms with Crippen LogP contribution in [-0.2, 0) is 6.18 Å². The normalized spacial score (nSPS) is 16.9. The quantitative estimate of drug-likeness (QED) is 0.415. The summed E-state index contributed by atoms with van der Waals surface area (Å²) in [4.78, 5) is 15.1. The highest BCUT2D eigenvalue weighted by molar-refractivity contribution is 6.32. The SMILES string of the molecule is CC(C)(C)C1CCCN1C(=O)c1ccc(-c2cc(C(F)(F)F)nn2-c2ccccc2Cl)cc1. The fourth-order valence-electron chi connectivity index (χ4n) is 4.39. The van der Waals surface area contributed by atoms with Crippen molar-refractivity contribution in [3.05, 3.63) is 70.9 Å². The molecule has 0 aliphatic carbocycles. The zero-order valence-electron chi connectivity index (χ0n) is 18.7. The van der Waals surface area contributed by atoms with Gasteiger partial charge in [-0.1, -0.05) is 56.6 Å². The Bertz CT molecular complexity index is 1160. The Balaban J connectivity index is 1.70. The first kappa shape index (κ1) is 23.4. The van der Waals surface area contributed by atoms with Gasteiger partial charge in [0, 0.05) is 23.7 Å². The number of para-hydroxylation sites is 1. The molecule has 8 heteroatoms. The summed E-state index contributed by atoms with van der Waals surface area (Å²) < 4.78 is 41.5. The van der Waals surface area contributed by atoms with Crippen LogP contribution < -0.4 is 0 Å². The number of likely N-dealkylation sites (tertiary alicyclic amines) is 1. The Labute approximate surface area is 196 Å². The number of hydrogen-bond acceptors (Lipinski definition) is 2. The van der Waals surface area contributed by atoms with Crippen molar-refractivity contribution in [3.8, 4) is 16.9 Å². The van der Waals surface area contributed by atoms with Crippen LogP contribution in [0.2, 0.25) is 5.02 Å². The third-order valence-electron chi connectivity index (χ3n) is 6.02. The predicted molar refractivity (Wildman–Crippen MR) is 123 cm³/mol. The van der Waals surface area contributed by atoms with E-state index < -0.39 is 11.9 Å². The largest absolute Gasteiger partial charge is 0.435 e. The molecule has 0 bridgehead atoms. The maximum Gasteiger partial charge on any atom is 0.435 e. The number of halogens is 4. The van der Waals surface area contributed by atoms with Gasteiger partial charge in [-0.3, -0.25) is 4.79 Å². The summed E-state index contributed by atoms with van der Waals surface area (Å²) >= 11 is 6.24. The number of aromatic nitrogens is 2. The summed E-state index contributed by atoms with van der Waals surface area (Å²) in [6.07, 6.45) is -2.68. The molecule has 1 fully saturated rings. The molecule has 0 saturated carbocycles. The van der Waals surface area contributed by atoms with Crippen molar-refractivity contribution < 1.29 is 18.0 Å². The summed E-state index contributed by atoms with van der Waals surface area (Å²) in [6.45, 7) is 7.08. The van der Waals surface area contributed by atoms with E-state index in [1.807, 2.05) is 4.90 Å². The first-order valence-corrected chi connectivity index (χ1v) is 11.2. The van der Waals surface area contributed by atoms with Gasteiger partial charge in [-0.05, 0) is 48.6 Å². The minimum absolute atomic E-state index is 0.0262. The Kier molecular flexibility index (Phi) is 6.03. The zero-order chi connectivity index (χ0) is 24.0. The van der Waals surface area contributed by atoms with Crippen LogP contribution >= 0.6 is 11.6 Å². The van der Waals surface area contributed by atoms with Gasteiger partial charge in [-0.2, -0.15) is 18.3 Å². The second-order valence-corrected chi connectivity index (χ2v) is 9.78. The third-order valence-corrected chi connectivity index (χ3v) is 6.34. The van der Waals surface area contributed by atoms with Crippen molar-refractivity contribution in [2.24, 2.45) is 5.41 Å². The molecule has 3 aromatic rings. The highest BCUT2D eigenvalue weighted by Gasteiger charge is 2.37. The van der Waals surface area contributed by atoms with Gasteiger partial charge in [0.15, 0.2) is 5.69 Å². The summed E-state index contributed by atoms with van der Waals surface area (Å²) in [5.41, 5.74) is 0.556. The van der Waals surface area contributed by atoms with Crippen LogP contribution in [0.5, 0.6) is 0 Å². The average Bonchev–Trinajstić information content (AvgIpc) is 3.41. The van der Waals surface area contributed by atoms with Crippen molar-refractivity contribution >= 4 is 17.5 Å². The topological polar surface area (TPSA) is 38.1 Å². The van der Waals surface area contributed by atoms with Crippen molar-refractivity contribution in [1.29, 1.82) is 0 Å². The first-order chi connectivity index (χ1) is 15.5. The zero-order valence-corrected chi connectivity index (χ0v) is 19.4. The van der Waals surface area contributed by atoms with Crippen molar-refractivity contribution in [1.82, 2.24) is 14.7 Å². The maximum atomic E-state index is 13.4. The molecule has 1 aliphatic rings. The fraction of sp³-hybridized carbons (Fsp3) is 0.360. The van der Waals surface area contributed by atoms with Gasteiger partial charge in [0.1, 0.15) is 0 Å². The van der Waals surface area contributed by atoms with Crippen LogP contribution in [0.4, 0.5) is 13.2 Å². The Morgan fingerprint density at radius 2 is 1.73 bits per heavy atom. The molecular weight excluding hydrogens is 451 g/mol. The van der Waals surface area contributed by atoms with Crippen LogP contribution in [0, 0.1) is 5.41 Å². The van der Waals surface area contributed by atoms with E-state index in [1.165, 1.54) is 4.68 Å². The van der Waals surface area contributed by atoms with E-state index >= 15 is 0 Å². The summed E-state index contributed by atoms with van der Waals surface area (Å²) in [5, 5.41) is 4.06. The van der Waals surface area contributed by atoms with E-state index in [9.17, 15) is 18.0 Å². The van der Waals surface area contributed by atoms with Gasteiger partial charge < -0.3 is 4.90 Å². The van der Waals surface area contributed by atoms with Gasteiger partial charge in [0.25, 0.3) is 5.91 Å². The lowest BCUT2D eigenvalue weighted by atomic mass is 9.85. The van der Waals surface area contributed by atoms with Crippen LogP contribution in [0.1, 0.15) is 49.7 Å². The molecule has 1 atom stereocenters. The van der Waals surface area contributed by atoms with Gasteiger partial charge >= 0.3 is 6.18 Å². The number of alkyl halides is 3. The molecular formula is C25H25ClF3N3O. The number of benzene rings is 2. The third kappa shape index (κ3) is 4.64. The minimum atomic E-state index is -4.60. The summed E-state index contributed by atoms with van der Waals surface area (Å²) in [7, 11) is 0. The van der Waals surface area contributed by atoms with Crippen molar-refractivity contribution in [2.45, 2.75) is 45.8 Å². The lowest BCUT2D eigenvalue weighted by Crippen LogP contribution is -2.43. The molecule has 2 heterocycles. The van der Waals surface area contributed by atoms with Crippen LogP contribution in [0.3, 0.4) is 0 Å². The second kappa shape index (κ2) is 8.52. The molecule has 1 aliphatic heterocycles. The predicted octanol–water partition coefficient (Wildman–Crippen LogP) is 6.86. The maximum absolute atomic E-state index is 13.4. The summed E-state index contributed by atoms with van der Waals surface area (Å²) in [5.74, 6) is -0.0606. The highest BCUT2D eigenvalue weighted by Crippen LogP contribution is 2.36. The molecule has 1 aromatic heterocycles. The molecule has 1 unspecified atom stereocenters. The number of rotatable bonds is 3. The Morgan fingerprint density at radius 1 is 1.06 bits per heavy atom. The average molecular weight is 476 g/mol. The molecule has 2 aromatic carbocycles. The smallest absolute Gasteiger partial charge is 0.335 e. The van der Waals surface area contributed by atoms with Crippen molar-refractivity contribution in [2.75, 3.05) is 6.54 Å². The molecule has 0 N–H and O–H groups in total. The molecule has 33 heavy (non-hydrogen) atoms. The molecule has 0 radical (unpaired) electrons. The van der Waals surface area contributed by atoms with Gasteiger partial charge in [0.05, 0.1) is 16.4 Å². The monoisotopic (exact) mass is 475 g/mol. The minimum Gasteiger partial charge on any atom is -0.335 e. The van der Waals surface area contributed by atoms with Gasteiger partial charge in [0.2, 0.25) is 0 Å². The van der Waals surface area contributed by atoms with Crippen LogP contribution in [-0.4, -0.2) is 33.2 Å². The Hall–Kier alpha value is -2.80. The molecule has 4 nitrogen and oxygen atoms in total. The van der Waals surface area contributed by atoms with Crippen LogP contribution in [0.15, 0.2) is 54.6 Å². The van der Waals surface area contributed by atoms with E-state index in [0.29, 0.717) is 23.4 Å². The number of hydrogen-bond donors (Lipinski definition) is 0. The van der Waals surface area contributed by atoms with E-state index in [1.54, 1.807) is 48.5 Å². The molecule has 0 spiro atoms. The molecule has 4 rings (SSSR count). The van der Waals surface area contributed by atoms with E-state index in [4.69, 9.17) is 11.6 Å². The standard InChI is InChI=1S/C25H25ClF3N3O/c1-24(2,3)22-9-6-14-31(22)23(33)17-12-10-16(11-13-17)20-15-21(25(27,28)29)30-32(20)19-8-5-4-7-18(19)26/h4-5,7-8,10-13,15,22H,6,9,14H2,1-3H3. The lowest BCUT2D eigenvalue weighted by Gasteiger charge is -2.35. The van der Waals surface area contributed by atoms with Gasteiger partial charge in [-0.15, -0.1) is 0 Å². The molecule has 174 valence electrons. The first-order valence-electron chi connectivity index (χ1n) is 10.8. The Morgan fingerprint density at radius 3 is 2.33 bits per heavy atom. The fourth-order valence-corrected chi connectivity index (χ4v) is 4.61. The number of carbonyl (C=O) groups is 1. The number of nitrogens with zero attached hydrogens (tertiary/aromatic N) is 3. The van der Waals surface area contributed by atoms with E-state index in [0.717, 1.165) is 18.9 Å².